The molecule has 1 aliphatic heterocycles. The zero-order chi connectivity index (χ0) is 11.7. The van der Waals surface area contributed by atoms with E-state index in [9.17, 15) is 4.79 Å². The Bertz CT molecular complexity index is 460. The third-order valence-corrected chi connectivity index (χ3v) is 2.78. The SMILES string of the molecule is CCc1ccc2c(c1)C=C(C(=O)O)C(C)O2. The van der Waals surface area contributed by atoms with Crippen molar-refractivity contribution in [2.24, 2.45) is 0 Å². The highest BCUT2D eigenvalue weighted by Gasteiger charge is 2.23. The predicted molar refractivity (Wildman–Crippen MR) is 61.5 cm³/mol. The molecule has 1 unspecified atom stereocenters. The van der Waals surface area contributed by atoms with Gasteiger partial charge in [-0.15, -0.1) is 0 Å². The molecular weight excluding hydrogens is 204 g/mol. The van der Waals surface area contributed by atoms with E-state index in [-0.39, 0.29) is 0 Å². The summed E-state index contributed by atoms with van der Waals surface area (Å²) in [4.78, 5) is 11.0. The molecule has 16 heavy (non-hydrogen) atoms. The Morgan fingerprint density at radius 2 is 2.25 bits per heavy atom. The van der Waals surface area contributed by atoms with E-state index in [0.717, 1.165) is 17.7 Å². The largest absolute Gasteiger partial charge is 0.485 e. The molecule has 0 aliphatic carbocycles. The van der Waals surface area contributed by atoms with Gasteiger partial charge < -0.3 is 9.84 Å². The Hall–Kier alpha value is -1.77. The van der Waals surface area contributed by atoms with Crippen molar-refractivity contribution >= 4 is 12.0 Å². The highest BCUT2D eigenvalue weighted by molar-refractivity contribution is 5.94. The van der Waals surface area contributed by atoms with Crippen molar-refractivity contribution in [1.82, 2.24) is 0 Å². The molecule has 0 radical (unpaired) electrons. The van der Waals surface area contributed by atoms with Gasteiger partial charge in [-0.05, 0) is 37.1 Å². The Kier molecular flexibility index (Phi) is 2.69. The molecule has 0 saturated heterocycles. The molecule has 1 heterocycles. The zero-order valence-corrected chi connectivity index (χ0v) is 9.36. The predicted octanol–water partition coefficient (Wildman–Crippen LogP) is 2.50. The average Bonchev–Trinajstić information content (AvgIpc) is 2.27. The van der Waals surface area contributed by atoms with Crippen LogP contribution in [-0.2, 0) is 11.2 Å². The first-order valence-corrected chi connectivity index (χ1v) is 5.36. The van der Waals surface area contributed by atoms with E-state index >= 15 is 0 Å². The van der Waals surface area contributed by atoms with E-state index in [0.29, 0.717) is 5.57 Å². The topological polar surface area (TPSA) is 46.5 Å². The lowest BCUT2D eigenvalue weighted by Crippen LogP contribution is -2.24. The van der Waals surface area contributed by atoms with Crippen LogP contribution in [0.15, 0.2) is 23.8 Å². The molecule has 1 aliphatic rings. The van der Waals surface area contributed by atoms with Gasteiger partial charge in [-0.25, -0.2) is 4.79 Å². The Morgan fingerprint density at radius 3 is 2.88 bits per heavy atom. The number of hydrogen-bond donors (Lipinski definition) is 1. The van der Waals surface area contributed by atoms with Gasteiger partial charge in [0, 0.05) is 5.56 Å². The molecule has 0 aromatic heterocycles. The van der Waals surface area contributed by atoms with Crippen molar-refractivity contribution in [2.45, 2.75) is 26.4 Å². The van der Waals surface area contributed by atoms with Gasteiger partial charge in [-0.2, -0.15) is 0 Å². The summed E-state index contributed by atoms with van der Waals surface area (Å²) in [5.74, 6) is -0.158. The van der Waals surface area contributed by atoms with Crippen LogP contribution in [0.4, 0.5) is 0 Å². The number of carboxylic acids is 1. The quantitative estimate of drug-likeness (QED) is 0.829. The van der Waals surface area contributed by atoms with Crippen LogP contribution >= 0.6 is 0 Å². The number of carboxylic acid groups (broad SMARTS) is 1. The number of aliphatic carboxylic acids is 1. The van der Waals surface area contributed by atoms with Crippen molar-refractivity contribution in [3.05, 3.63) is 34.9 Å². The van der Waals surface area contributed by atoms with E-state index in [1.807, 2.05) is 18.2 Å². The summed E-state index contributed by atoms with van der Waals surface area (Å²) in [5, 5.41) is 9.01. The molecule has 2 rings (SSSR count). The molecular formula is C13H14O3. The van der Waals surface area contributed by atoms with Gasteiger partial charge in [0.25, 0.3) is 0 Å². The minimum Gasteiger partial charge on any atom is -0.485 e. The number of fused-ring (bicyclic) bond motifs is 1. The normalized spacial score (nSPS) is 18.4. The van der Waals surface area contributed by atoms with Crippen LogP contribution in [0.3, 0.4) is 0 Å². The number of hydrogen-bond acceptors (Lipinski definition) is 2. The van der Waals surface area contributed by atoms with Crippen molar-refractivity contribution in [1.29, 1.82) is 0 Å². The highest BCUT2D eigenvalue weighted by atomic mass is 16.5. The standard InChI is InChI=1S/C13H14O3/c1-3-9-4-5-12-10(6-9)7-11(13(14)15)8(2)16-12/h4-8H,3H2,1-2H3,(H,14,15). The molecule has 0 fully saturated rings. The molecule has 0 amide bonds. The summed E-state index contributed by atoms with van der Waals surface area (Å²) in [7, 11) is 0. The maximum Gasteiger partial charge on any atom is 0.335 e. The second-order valence-electron chi connectivity index (χ2n) is 3.89. The van der Waals surface area contributed by atoms with Gasteiger partial charge in [-0.3, -0.25) is 0 Å². The van der Waals surface area contributed by atoms with E-state index in [2.05, 4.69) is 6.92 Å². The van der Waals surface area contributed by atoms with Crippen LogP contribution in [-0.4, -0.2) is 17.2 Å². The van der Waals surface area contributed by atoms with Crippen molar-refractivity contribution in [2.75, 3.05) is 0 Å². The van der Waals surface area contributed by atoms with Gasteiger partial charge in [-0.1, -0.05) is 13.0 Å². The minimum atomic E-state index is -0.917. The summed E-state index contributed by atoms with van der Waals surface area (Å²) in [6, 6.07) is 5.88. The van der Waals surface area contributed by atoms with Gasteiger partial charge in [0.1, 0.15) is 11.9 Å². The van der Waals surface area contributed by atoms with Crippen molar-refractivity contribution in [3.8, 4) is 5.75 Å². The van der Waals surface area contributed by atoms with Crippen LogP contribution in [0.1, 0.15) is 25.0 Å². The van der Waals surface area contributed by atoms with Gasteiger partial charge >= 0.3 is 5.97 Å². The lowest BCUT2D eigenvalue weighted by molar-refractivity contribution is -0.133. The van der Waals surface area contributed by atoms with Crippen LogP contribution in [0.5, 0.6) is 5.75 Å². The summed E-state index contributed by atoms with van der Waals surface area (Å²) >= 11 is 0. The van der Waals surface area contributed by atoms with E-state index < -0.39 is 12.1 Å². The minimum absolute atomic E-state index is 0.306. The van der Waals surface area contributed by atoms with Gasteiger partial charge in [0.15, 0.2) is 0 Å². The molecule has 1 atom stereocenters. The van der Waals surface area contributed by atoms with Crippen LogP contribution in [0, 0.1) is 0 Å². The second-order valence-corrected chi connectivity index (χ2v) is 3.89. The Morgan fingerprint density at radius 1 is 1.50 bits per heavy atom. The average molecular weight is 218 g/mol. The molecule has 0 saturated carbocycles. The summed E-state index contributed by atoms with van der Waals surface area (Å²) in [5.41, 5.74) is 2.34. The lowest BCUT2D eigenvalue weighted by Gasteiger charge is -2.22. The monoisotopic (exact) mass is 218 g/mol. The number of benzene rings is 1. The van der Waals surface area contributed by atoms with Crippen LogP contribution in [0.25, 0.3) is 6.08 Å². The Labute approximate surface area is 94.4 Å². The first-order chi connectivity index (χ1) is 7.61. The highest BCUT2D eigenvalue weighted by Crippen LogP contribution is 2.30. The fourth-order valence-electron chi connectivity index (χ4n) is 1.81. The van der Waals surface area contributed by atoms with E-state index in [1.54, 1.807) is 13.0 Å². The van der Waals surface area contributed by atoms with Crippen LogP contribution in [0.2, 0.25) is 0 Å². The number of aryl methyl sites for hydroxylation is 1. The zero-order valence-electron chi connectivity index (χ0n) is 9.36. The fraction of sp³-hybridized carbons (Fsp3) is 0.308. The molecule has 3 heteroatoms. The molecule has 1 aromatic carbocycles. The second kappa shape index (κ2) is 4.00. The Balaban J connectivity index is 2.48. The van der Waals surface area contributed by atoms with Gasteiger partial charge in [0.05, 0.1) is 5.57 Å². The molecule has 0 bridgehead atoms. The van der Waals surface area contributed by atoms with Crippen molar-refractivity contribution in [3.63, 3.8) is 0 Å². The first kappa shape index (κ1) is 10.7. The number of rotatable bonds is 2. The molecule has 1 aromatic rings. The summed E-state index contributed by atoms with van der Waals surface area (Å²) in [6.07, 6.45) is 2.24. The molecule has 84 valence electrons. The fourth-order valence-corrected chi connectivity index (χ4v) is 1.81. The summed E-state index contributed by atoms with van der Waals surface area (Å²) < 4.78 is 5.56. The summed E-state index contributed by atoms with van der Waals surface area (Å²) in [6.45, 7) is 3.81. The van der Waals surface area contributed by atoms with E-state index in [1.165, 1.54) is 5.56 Å². The third kappa shape index (κ3) is 1.81. The molecule has 1 N–H and O–H groups in total. The number of ether oxygens (including phenoxy) is 1. The molecule has 3 nitrogen and oxygen atoms in total. The maximum absolute atomic E-state index is 11.0. The first-order valence-electron chi connectivity index (χ1n) is 5.36. The number of carbonyl (C=O) groups is 1. The van der Waals surface area contributed by atoms with E-state index in [4.69, 9.17) is 9.84 Å². The molecule has 0 spiro atoms. The van der Waals surface area contributed by atoms with Crippen LogP contribution < -0.4 is 4.74 Å². The third-order valence-electron chi connectivity index (χ3n) is 2.78. The maximum atomic E-state index is 11.0. The smallest absolute Gasteiger partial charge is 0.335 e. The van der Waals surface area contributed by atoms with Crippen molar-refractivity contribution < 1.29 is 14.6 Å². The lowest BCUT2D eigenvalue weighted by atomic mass is 10.0. The van der Waals surface area contributed by atoms with Gasteiger partial charge in [0.2, 0.25) is 0 Å².